The van der Waals surface area contributed by atoms with Crippen LogP contribution in [-0.2, 0) is 13.8 Å². The maximum Gasteiger partial charge on any atom is 0.587 e. The van der Waals surface area contributed by atoms with E-state index in [1.807, 2.05) is 13.8 Å². The van der Waals surface area contributed by atoms with Crippen molar-refractivity contribution in [2.45, 2.75) is 44.3 Å². The number of nitrogen functional groups attached to an aromatic ring is 1. The first kappa shape index (κ1) is 28.9. The summed E-state index contributed by atoms with van der Waals surface area (Å²) in [5.74, 6) is -0.249. The summed E-state index contributed by atoms with van der Waals surface area (Å²) in [6, 6.07) is 12.5. The molecule has 1 fully saturated rings. The molecule has 0 spiro atoms. The number of ether oxygens (including phenoxy) is 1. The number of nitrogens with zero attached hydrogens (tertiary/aromatic N) is 2. The van der Waals surface area contributed by atoms with E-state index in [1.165, 1.54) is 24.3 Å². The molecule has 0 aliphatic carbocycles. The van der Waals surface area contributed by atoms with E-state index < -0.39 is 50.6 Å². The number of phosphoric acid groups is 1. The van der Waals surface area contributed by atoms with E-state index in [0.717, 1.165) is 17.3 Å². The van der Waals surface area contributed by atoms with Gasteiger partial charge >= 0.3 is 13.5 Å². The number of alkyl halides is 2. The summed E-state index contributed by atoms with van der Waals surface area (Å²) in [7, 11) is -4.71. The number of aromatic nitrogens is 2. The number of nitrogens with two attached hydrogens (primary N) is 1. The summed E-state index contributed by atoms with van der Waals surface area (Å²) in [4.78, 5) is 15.8. The van der Waals surface area contributed by atoms with Crippen molar-refractivity contribution in [3.63, 3.8) is 0 Å². The zero-order valence-electron chi connectivity index (χ0n) is 20.6. The molecule has 39 heavy (non-hydrogen) atoms. The van der Waals surface area contributed by atoms with Crippen molar-refractivity contribution in [3.8, 4) is 11.5 Å². The molecule has 0 radical (unpaired) electrons. The molecule has 1 saturated heterocycles. The molecule has 2 aromatic carbocycles. The van der Waals surface area contributed by atoms with Crippen LogP contribution in [0.4, 0.5) is 14.6 Å². The fourth-order valence-corrected chi connectivity index (χ4v) is 5.15. The van der Waals surface area contributed by atoms with Crippen molar-refractivity contribution in [2.75, 3.05) is 12.3 Å². The lowest BCUT2D eigenvalue weighted by atomic mass is 9.96. The number of phosphoric ester groups is 1. The van der Waals surface area contributed by atoms with Crippen LogP contribution in [0.1, 0.15) is 17.4 Å². The Morgan fingerprint density at radius 1 is 1.10 bits per heavy atom. The van der Waals surface area contributed by atoms with Crippen LogP contribution >= 0.6 is 19.4 Å². The minimum atomic E-state index is -4.71. The maximum atomic E-state index is 14.5. The van der Waals surface area contributed by atoms with Gasteiger partial charge in [-0.15, -0.1) is 0 Å². The van der Waals surface area contributed by atoms with Crippen molar-refractivity contribution in [1.82, 2.24) is 9.55 Å². The number of aliphatic hydroxyl groups is 2. The first-order valence-corrected chi connectivity index (χ1v) is 13.3. The van der Waals surface area contributed by atoms with Gasteiger partial charge in [0, 0.05) is 6.20 Å². The Hall–Kier alpha value is -3.06. The standard InChI is InChI=1S/C24H25ClF2N3O8P/c1-13-3-7-15(8-4-13)37-39(34,38-16-9-5-14(2)6-10-16)35-12-24(22(26)27)19(32)18(31)21(36-24)30-11-17(25)20(28)29-23(30)33/h3-11,18-19,21-22,31-32H,12H2,1-2H3,(H2,28,29,33)/t18-,19-,21+,24+/m0/s1. The number of benzene rings is 2. The van der Waals surface area contributed by atoms with Gasteiger partial charge < -0.3 is 29.7 Å². The highest BCUT2D eigenvalue weighted by Crippen LogP contribution is 2.52. The van der Waals surface area contributed by atoms with E-state index in [2.05, 4.69) is 4.98 Å². The number of aliphatic hydroxyl groups excluding tert-OH is 2. The van der Waals surface area contributed by atoms with Crippen LogP contribution in [0.25, 0.3) is 0 Å². The molecule has 2 heterocycles. The summed E-state index contributed by atoms with van der Waals surface area (Å²) >= 11 is 5.89. The molecule has 0 amide bonds. The molecule has 4 N–H and O–H groups in total. The zero-order chi connectivity index (χ0) is 28.5. The minimum Gasteiger partial charge on any atom is -0.395 e. The second kappa shape index (κ2) is 11.2. The number of halogens is 3. The fourth-order valence-electron chi connectivity index (χ4n) is 3.74. The molecular formula is C24H25ClF2N3O8P. The van der Waals surface area contributed by atoms with Crippen molar-refractivity contribution >= 4 is 25.2 Å². The maximum absolute atomic E-state index is 14.5. The van der Waals surface area contributed by atoms with Gasteiger partial charge in [-0.25, -0.2) is 18.1 Å². The summed E-state index contributed by atoms with van der Waals surface area (Å²) < 4.78 is 64.8. The average molecular weight is 588 g/mol. The topological polar surface area (TPSA) is 155 Å². The SMILES string of the molecule is Cc1ccc(OP(=O)(OC[C@@]2(C(F)F)O[C@@H](n3cc(Cl)c(N)nc3=O)[C@@H](O)[C@@H]2O)Oc2ccc(C)cc2)cc1. The van der Waals surface area contributed by atoms with Crippen molar-refractivity contribution in [1.29, 1.82) is 0 Å². The van der Waals surface area contributed by atoms with E-state index in [-0.39, 0.29) is 22.3 Å². The molecule has 11 nitrogen and oxygen atoms in total. The Morgan fingerprint density at radius 2 is 1.62 bits per heavy atom. The quantitative estimate of drug-likeness (QED) is 0.316. The number of anilines is 1. The van der Waals surface area contributed by atoms with E-state index in [0.29, 0.717) is 4.57 Å². The lowest BCUT2D eigenvalue weighted by Gasteiger charge is -2.31. The molecule has 0 unspecified atom stereocenters. The van der Waals surface area contributed by atoms with Gasteiger partial charge in [0.05, 0.1) is 11.6 Å². The average Bonchev–Trinajstić information content (AvgIpc) is 3.14. The highest BCUT2D eigenvalue weighted by molar-refractivity contribution is 7.49. The molecule has 15 heteroatoms. The molecule has 3 aromatic rings. The normalized spacial score (nSPS) is 23.2. The van der Waals surface area contributed by atoms with E-state index in [9.17, 15) is 28.4 Å². The fraction of sp³-hybridized carbons (Fsp3) is 0.333. The minimum absolute atomic E-state index is 0.0436. The second-order valence-electron chi connectivity index (χ2n) is 8.89. The van der Waals surface area contributed by atoms with Crippen LogP contribution in [0, 0.1) is 13.8 Å². The second-order valence-corrected chi connectivity index (χ2v) is 10.8. The van der Waals surface area contributed by atoms with E-state index in [4.69, 9.17) is 35.6 Å². The van der Waals surface area contributed by atoms with Crippen LogP contribution < -0.4 is 20.5 Å². The van der Waals surface area contributed by atoms with Gasteiger partial charge in [-0.1, -0.05) is 47.0 Å². The molecule has 0 saturated carbocycles. The molecule has 4 rings (SSSR count). The molecule has 4 atom stereocenters. The van der Waals surface area contributed by atoms with Crippen molar-refractivity contribution < 1.29 is 41.9 Å². The highest BCUT2D eigenvalue weighted by atomic mass is 35.5. The van der Waals surface area contributed by atoms with Crippen LogP contribution in [0.5, 0.6) is 11.5 Å². The third kappa shape index (κ3) is 6.08. The first-order chi connectivity index (χ1) is 18.3. The smallest absolute Gasteiger partial charge is 0.395 e. The Balaban J connectivity index is 1.65. The third-order valence-electron chi connectivity index (χ3n) is 5.96. The van der Waals surface area contributed by atoms with Crippen LogP contribution in [0.2, 0.25) is 5.02 Å². The zero-order valence-corrected chi connectivity index (χ0v) is 22.3. The van der Waals surface area contributed by atoms with Crippen molar-refractivity contribution in [2.24, 2.45) is 0 Å². The number of hydrogen-bond acceptors (Lipinski definition) is 10. The largest absolute Gasteiger partial charge is 0.587 e. The van der Waals surface area contributed by atoms with Crippen LogP contribution in [-0.4, -0.2) is 50.6 Å². The van der Waals surface area contributed by atoms with Crippen LogP contribution in [0.15, 0.2) is 59.5 Å². The predicted octanol–water partition coefficient (Wildman–Crippen LogP) is 3.63. The van der Waals surface area contributed by atoms with Gasteiger partial charge in [-0.2, -0.15) is 4.98 Å². The van der Waals surface area contributed by atoms with Gasteiger partial charge in [0.2, 0.25) is 0 Å². The van der Waals surface area contributed by atoms with Gasteiger partial charge in [-0.3, -0.25) is 9.09 Å². The number of aryl methyl sites for hydroxylation is 2. The Kier molecular flexibility index (Phi) is 8.31. The summed E-state index contributed by atoms with van der Waals surface area (Å²) in [6.07, 6.45) is -8.85. The van der Waals surface area contributed by atoms with E-state index in [1.54, 1.807) is 24.3 Å². The van der Waals surface area contributed by atoms with Gasteiger partial charge in [0.1, 0.15) is 29.5 Å². The van der Waals surface area contributed by atoms with E-state index >= 15 is 0 Å². The first-order valence-electron chi connectivity index (χ1n) is 11.5. The lowest BCUT2D eigenvalue weighted by molar-refractivity contribution is -0.193. The molecule has 1 aromatic heterocycles. The summed E-state index contributed by atoms with van der Waals surface area (Å²) in [5.41, 5.74) is 3.15. The monoisotopic (exact) mass is 587 g/mol. The third-order valence-corrected chi connectivity index (χ3v) is 7.56. The number of hydrogen-bond donors (Lipinski definition) is 3. The Bertz CT molecular complexity index is 1370. The predicted molar refractivity (Wildman–Crippen MR) is 136 cm³/mol. The number of rotatable bonds is 9. The van der Waals surface area contributed by atoms with Gasteiger partial charge in [-0.05, 0) is 38.1 Å². The lowest BCUT2D eigenvalue weighted by Crippen LogP contribution is -2.52. The summed E-state index contributed by atoms with van der Waals surface area (Å²) in [5, 5.41) is 21.0. The van der Waals surface area contributed by atoms with Crippen molar-refractivity contribution in [3.05, 3.63) is 81.4 Å². The Morgan fingerprint density at radius 3 is 2.10 bits per heavy atom. The molecular weight excluding hydrogens is 563 g/mol. The molecule has 210 valence electrons. The summed E-state index contributed by atoms with van der Waals surface area (Å²) in [6.45, 7) is 2.34. The highest BCUT2D eigenvalue weighted by Gasteiger charge is 2.62. The molecule has 1 aliphatic heterocycles. The van der Waals surface area contributed by atoms with Crippen LogP contribution in [0.3, 0.4) is 0 Å². The van der Waals surface area contributed by atoms with Gasteiger partial charge in [0.25, 0.3) is 6.43 Å². The molecule has 0 bridgehead atoms. The molecule has 1 aliphatic rings. The Labute approximate surface area is 226 Å². The van der Waals surface area contributed by atoms with Gasteiger partial charge in [0.15, 0.2) is 11.8 Å².